The first-order chi connectivity index (χ1) is 41.7. The fraction of sp³-hybridized carbons (Fsp3) is 0.230. The molecule has 14 nitrogen and oxygen atoms in total. The number of aryl methyl sites for hydroxylation is 1. The molecular formula is C61H61Br4ClF6K2O14S4. The molecule has 31 heteroatoms. The van der Waals surface area contributed by atoms with Gasteiger partial charge in [0.1, 0.15) is 47.2 Å². The van der Waals surface area contributed by atoms with Gasteiger partial charge in [-0.1, -0.05) is 35.5 Å². The second kappa shape index (κ2) is 47.8. The van der Waals surface area contributed by atoms with Crippen molar-refractivity contribution in [2.24, 2.45) is 0 Å². The van der Waals surface area contributed by atoms with Crippen molar-refractivity contribution in [3.8, 4) is 17.2 Å². The van der Waals surface area contributed by atoms with E-state index in [0.717, 1.165) is 88.1 Å². The first-order valence-electron chi connectivity index (χ1n) is 24.8. The molecule has 0 aliphatic carbocycles. The number of aldehydes is 2. The minimum absolute atomic E-state index is 0. The van der Waals surface area contributed by atoms with E-state index in [9.17, 15) is 44.3 Å². The maximum absolute atomic E-state index is 13.2. The number of benzene rings is 6. The summed E-state index contributed by atoms with van der Waals surface area (Å²) in [6.07, 6.45) is 5.42. The van der Waals surface area contributed by atoms with Gasteiger partial charge in [0, 0.05) is 57.0 Å². The number of thioether (sulfide) groups is 2. The van der Waals surface area contributed by atoms with E-state index in [4.69, 9.17) is 43.0 Å². The molecule has 0 saturated carbocycles. The van der Waals surface area contributed by atoms with Crippen LogP contribution in [0.15, 0.2) is 159 Å². The van der Waals surface area contributed by atoms with Gasteiger partial charge in [-0.05, 0) is 200 Å². The van der Waals surface area contributed by atoms with E-state index in [-0.39, 0.29) is 173 Å². The molecule has 0 fully saturated rings. The van der Waals surface area contributed by atoms with Crippen molar-refractivity contribution in [1.29, 1.82) is 0 Å². The molecule has 9 rings (SSSR count). The monoisotopic (exact) mass is 1690 g/mol. The molecule has 0 aliphatic rings. The Kier molecular flexibility index (Phi) is 47.7. The number of furan rings is 3. The van der Waals surface area contributed by atoms with Crippen LogP contribution in [0.5, 0.6) is 17.2 Å². The molecular weight excluding hydrogens is 1630 g/mol. The van der Waals surface area contributed by atoms with Gasteiger partial charge in [-0.25, -0.2) is 0 Å². The Balaban J connectivity index is -0.00000113. The van der Waals surface area contributed by atoms with E-state index < -0.39 is 45.1 Å². The molecule has 6 aromatic carbocycles. The largest absolute Gasteiger partial charge is 1.00 e. The van der Waals surface area contributed by atoms with Gasteiger partial charge in [0.05, 0.1) is 74.6 Å². The van der Waals surface area contributed by atoms with Crippen molar-refractivity contribution >= 4 is 179 Å². The summed E-state index contributed by atoms with van der Waals surface area (Å²) in [5.41, 5.74) is 5.12. The van der Waals surface area contributed by atoms with Crippen molar-refractivity contribution in [3.05, 3.63) is 196 Å². The smallest absolute Gasteiger partial charge is 1.00 e. The number of aliphatic hydroxyl groups is 1. The zero-order chi connectivity index (χ0) is 65.7. The summed E-state index contributed by atoms with van der Waals surface area (Å²) in [5, 5.41) is 29.5. The Hall–Kier alpha value is -2.13. The van der Waals surface area contributed by atoms with Crippen LogP contribution in [0.3, 0.4) is 0 Å². The predicted octanol–water partition coefficient (Wildman–Crippen LogP) is 12.3. The Bertz CT molecular complexity index is 3810. The maximum atomic E-state index is 13.2. The van der Waals surface area contributed by atoms with E-state index in [1.54, 1.807) is 98.3 Å². The van der Waals surface area contributed by atoms with E-state index in [0.29, 0.717) is 43.6 Å². The van der Waals surface area contributed by atoms with Crippen LogP contribution in [0.25, 0.3) is 39.0 Å². The average molecular weight is 1690 g/mol. The van der Waals surface area contributed by atoms with Crippen molar-refractivity contribution in [2.45, 2.75) is 52.2 Å². The molecule has 492 valence electrons. The fourth-order valence-electron chi connectivity index (χ4n) is 7.05. The third kappa shape index (κ3) is 31.6. The van der Waals surface area contributed by atoms with Crippen LogP contribution in [-0.4, -0.2) is 74.4 Å². The molecule has 0 spiro atoms. The van der Waals surface area contributed by atoms with E-state index in [1.807, 2.05) is 25.3 Å². The first kappa shape index (κ1) is 91.9. The van der Waals surface area contributed by atoms with Crippen molar-refractivity contribution in [1.82, 2.24) is 0 Å². The standard InChI is InChI=1S/C20H16BrF3O3S2.C17H10BrF3O3.C9H6Br2O.C8H8O2.C3H8OS2.C2H6O.CH2O3.CH4.ClH.2K.H/c1-28-18(29(2)25)9-13-3-4-15(20(22,23)24)10-17(13)27-11-12-7-14-5-6-26-19(14)16(21)8-12;18-14-6-10(5-11-3-4-23-16(11)14)9-24-15-7-13(17(19,20)21)2-1-12(15)8-22;10-5-6-3-7-1-2-12-9(7)8(11)4-6;1-6-2-3-7(5-9)8(10)4-6;1-5-3-6(2)4;1-2-3;2-1-4-3;;;;;/h3-10H,11H2,1-2H3;1-8H,9H2;1-4H,5H2;2-5,10H,1H3;3H2,1-2H3;3H,2H2,1H3;1,3H;1H4;1H;;;/q;;;;;;;;;2*+1;-1/p-1/b18-9+;;;;;;;;;;;. The molecule has 2 unspecified atom stereocenters. The minimum Gasteiger partial charge on any atom is -1.00 e. The number of phenolic OH excluding ortho intramolecular Hbond substituents is 1. The van der Waals surface area contributed by atoms with Gasteiger partial charge in [-0.15, -0.1) is 24.2 Å². The number of aromatic hydroxyl groups is 1. The third-order valence-corrected chi connectivity index (χ3v) is 17.9. The fourth-order valence-corrected chi connectivity index (χ4v) is 12.0. The number of hydrogen-bond acceptors (Lipinski definition) is 16. The van der Waals surface area contributed by atoms with Gasteiger partial charge < -0.3 is 44.5 Å². The number of hydrogen-bond donors (Lipinski definition) is 2. The Morgan fingerprint density at radius 2 is 1.03 bits per heavy atom. The molecule has 0 amide bonds. The van der Waals surface area contributed by atoms with E-state index in [1.165, 1.54) is 35.9 Å². The second-order valence-electron chi connectivity index (χ2n) is 17.4. The summed E-state index contributed by atoms with van der Waals surface area (Å²) in [7, 11) is -1.86. The van der Waals surface area contributed by atoms with Crippen molar-refractivity contribution in [3.63, 3.8) is 0 Å². The molecule has 0 aliphatic heterocycles. The number of halogens is 11. The van der Waals surface area contributed by atoms with Crippen LogP contribution < -0.4 is 118 Å². The van der Waals surface area contributed by atoms with Crippen LogP contribution in [0.2, 0.25) is 0 Å². The zero-order valence-electron chi connectivity index (χ0n) is 50.6. The quantitative estimate of drug-likeness (QED) is 0.0244. The minimum atomic E-state index is -4.50. The number of fused-ring (bicyclic) bond motifs is 3. The molecule has 9 aromatic rings. The number of phenols is 1. The number of carbonyl (C=O) groups excluding carboxylic acids is 3. The molecule has 2 atom stereocenters. The van der Waals surface area contributed by atoms with Crippen LogP contribution in [0.4, 0.5) is 26.3 Å². The summed E-state index contributed by atoms with van der Waals surface area (Å²) in [5.74, 6) is 0.0125. The second-order valence-corrected chi connectivity index (χ2v) is 25.6. The van der Waals surface area contributed by atoms with Crippen molar-refractivity contribution < 1.29 is 196 Å². The van der Waals surface area contributed by atoms with Crippen LogP contribution >= 0.6 is 99.7 Å². The maximum Gasteiger partial charge on any atom is 1.00 e. The molecule has 3 heterocycles. The number of alkyl halides is 7. The van der Waals surface area contributed by atoms with Gasteiger partial charge in [-0.3, -0.25) is 22.8 Å². The Morgan fingerprint density at radius 3 is 1.36 bits per heavy atom. The molecule has 92 heavy (non-hydrogen) atoms. The van der Waals surface area contributed by atoms with Crippen LogP contribution in [0.1, 0.15) is 75.4 Å². The van der Waals surface area contributed by atoms with Crippen LogP contribution in [-0.2, 0) is 62.2 Å². The Morgan fingerprint density at radius 1 is 0.652 bits per heavy atom. The number of carbonyl (C=O) groups is 3. The van der Waals surface area contributed by atoms with Gasteiger partial charge in [-0.2, -0.15) is 38.1 Å². The molecule has 0 bridgehead atoms. The van der Waals surface area contributed by atoms with Gasteiger partial charge >= 0.3 is 115 Å². The number of aliphatic hydroxyl groups excluding tert-OH is 1. The first-order valence-corrected chi connectivity index (χ1v) is 34.2. The van der Waals surface area contributed by atoms with Gasteiger partial charge in [0.15, 0.2) is 12.6 Å². The molecule has 2 N–H and O–H groups in total. The summed E-state index contributed by atoms with van der Waals surface area (Å²) in [6, 6.07) is 27.9. The summed E-state index contributed by atoms with van der Waals surface area (Å²) >= 11 is 16.5. The summed E-state index contributed by atoms with van der Waals surface area (Å²) < 4.78 is 130. The zero-order valence-corrected chi connectivity index (χ0v) is 66.3. The number of rotatable bonds is 15. The van der Waals surface area contributed by atoms with E-state index in [2.05, 4.69) is 80.7 Å². The van der Waals surface area contributed by atoms with E-state index >= 15 is 0 Å². The summed E-state index contributed by atoms with van der Waals surface area (Å²) in [6.45, 7) is 3.68. The predicted molar refractivity (Wildman–Crippen MR) is 363 cm³/mol. The molecule has 0 radical (unpaired) electrons. The summed E-state index contributed by atoms with van der Waals surface area (Å²) in [4.78, 5) is 32.4. The topological polar surface area (TPSA) is 216 Å². The Labute approximate surface area is 668 Å². The molecule has 0 saturated heterocycles. The van der Waals surface area contributed by atoms with Gasteiger partial charge in [0.25, 0.3) is 6.47 Å². The number of ether oxygens (including phenoxy) is 2. The third-order valence-electron chi connectivity index (χ3n) is 10.8. The average Bonchev–Trinajstić information content (AvgIpc) is 1.85. The molecule has 3 aromatic heterocycles. The van der Waals surface area contributed by atoms with Crippen LogP contribution in [0, 0.1) is 6.92 Å². The normalized spacial score (nSPS) is 11.1. The SMILES string of the molecule is BrCc1cc(Br)c2occc2c1.C.CCO.CS/C(=C\c1ccc(C(F)(F)F)cc1OCc1cc(Br)c2occc2c1)S(C)=O.CSCS(C)=O.Cc1ccc(C=O)c(O)c1.Cl.O=CO[O-].O=Cc1ccc(C(F)(F)F)cc1OCc1cc(Br)c2occc2c1.[H-].[K+].[K+]. The van der Waals surface area contributed by atoms with Gasteiger partial charge in [0.2, 0.25) is 0 Å². The van der Waals surface area contributed by atoms with Crippen molar-refractivity contribution in [2.75, 3.05) is 36.7 Å².